The normalized spacial score (nSPS) is 15.9. The fraction of sp³-hybridized carbons (Fsp3) is 0.414. The van der Waals surface area contributed by atoms with Crippen LogP contribution in [0.1, 0.15) is 55.7 Å². The molecule has 0 aliphatic carbocycles. The molecule has 5 aromatic rings. The number of hydrogen-bond acceptors (Lipinski definition) is 8. The fourth-order valence-corrected chi connectivity index (χ4v) is 6.54. The molecule has 6 rings (SSSR count). The zero-order valence-electron chi connectivity index (χ0n) is 23.1. The van der Waals surface area contributed by atoms with Crippen LogP contribution in [0.15, 0.2) is 47.3 Å². The average molecular weight is 543 g/mol. The topological polar surface area (TPSA) is 95.8 Å². The number of hydrogen-bond donors (Lipinski definition) is 1. The van der Waals surface area contributed by atoms with Crippen LogP contribution in [-0.2, 0) is 5.54 Å². The Labute approximate surface area is 231 Å². The van der Waals surface area contributed by atoms with Crippen LogP contribution < -0.4 is 10.5 Å². The lowest BCUT2D eigenvalue weighted by atomic mass is 9.98. The Kier molecular flexibility index (Phi) is 6.47. The Morgan fingerprint density at radius 1 is 1.08 bits per heavy atom. The molecule has 1 fully saturated rings. The van der Waals surface area contributed by atoms with E-state index in [1.54, 1.807) is 11.3 Å². The number of thiazole rings is 1. The van der Waals surface area contributed by atoms with E-state index in [0.717, 1.165) is 65.3 Å². The number of nitrogens with one attached hydrogen (secondary N) is 1. The first-order valence-corrected chi connectivity index (χ1v) is 14.3. The molecular formula is C29H34N8OS. The first-order chi connectivity index (χ1) is 18.7. The van der Waals surface area contributed by atoms with Gasteiger partial charge < -0.3 is 9.88 Å². The van der Waals surface area contributed by atoms with Crippen molar-refractivity contribution in [2.45, 2.75) is 52.6 Å². The van der Waals surface area contributed by atoms with Crippen molar-refractivity contribution in [3.05, 3.63) is 75.3 Å². The highest BCUT2D eigenvalue weighted by atomic mass is 32.1. The van der Waals surface area contributed by atoms with Crippen LogP contribution in [0.25, 0.3) is 21.1 Å². The highest BCUT2D eigenvalue weighted by Crippen LogP contribution is 2.34. The third kappa shape index (κ3) is 4.61. The number of H-pyrrole nitrogens is 1. The minimum absolute atomic E-state index is 0.100. The molecule has 202 valence electrons. The summed E-state index contributed by atoms with van der Waals surface area (Å²) >= 11 is 1.73. The van der Waals surface area contributed by atoms with Gasteiger partial charge in [-0.3, -0.25) is 9.69 Å². The summed E-state index contributed by atoms with van der Waals surface area (Å²) in [6.45, 7) is 13.6. The molecule has 1 saturated heterocycles. The third-order valence-corrected chi connectivity index (χ3v) is 9.12. The highest BCUT2D eigenvalue weighted by Gasteiger charge is 2.36. The van der Waals surface area contributed by atoms with Crippen LogP contribution >= 0.6 is 11.3 Å². The third-order valence-electron chi connectivity index (χ3n) is 8.03. The number of aromatic amines is 1. The van der Waals surface area contributed by atoms with Crippen molar-refractivity contribution >= 4 is 37.6 Å². The molecule has 0 bridgehead atoms. The van der Waals surface area contributed by atoms with Crippen molar-refractivity contribution in [2.24, 2.45) is 0 Å². The summed E-state index contributed by atoms with van der Waals surface area (Å²) in [4.78, 5) is 26.4. The first kappa shape index (κ1) is 25.6. The van der Waals surface area contributed by atoms with Crippen LogP contribution in [0.4, 0.5) is 5.13 Å². The lowest BCUT2D eigenvalue weighted by Gasteiger charge is -2.39. The fourth-order valence-electron chi connectivity index (χ4n) is 5.52. The number of benzene rings is 2. The molecule has 0 radical (unpaired) electrons. The first-order valence-electron chi connectivity index (χ1n) is 13.5. The zero-order valence-corrected chi connectivity index (χ0v) is 23.9. The van der Waals surface area contributed by atoms with Gasteiger partial charge >= 0.3 is 0 Å². The van der Waals surface area contributed by atoms with Gasteiger partial charge in [-0.15, -0.1) is 5.10 Å². The van der Waals surface area contributed by atoms with E-state index in [-0.39, 0.29) is 17.1 Å². The number of rotatable bonds is 6. The quantitative estimate of drug-likeness (QED) is 0.329. The molecule has 1 aliphatic rings. The Bertz CT molecular complexity index is 1680. The van der Waals surface area contributed by atoms with E-state index in [0.29, 0.717) is 11.4 Å². The number of anilines is 1. The monoisotopic (exact) mass is 542 g/mol. The molecule has 3 aromatic heterocycles. The zero-order chi connectivity index (χ0) is 27.3. The van der Waals surface area contributed by atoms with Crippen LogP contribution in [-0.4, -0.2) is 61.3 Å². The van der Waals surface area contributed by atoms with E-state index in [1.807, 2.05) is 23.7 Å². The van der Waals surface area contributed by atoms with Gasteiger partial charge in [0, 0.05) is 31.7 Å². The van der Waals surface area contributed by atoms with Crippen molar-refractivity contribution in [1.29, 1.82) is 0 Å². The summed E-state index contributed by atoms with van der Waals surface area (Å²) < 4.78 is 3.10. The van der Waals surface area contributed by atoms with Crippen molar-refractivity contribution in [3.8, 4) is 0 Å². The smallest absolute Gasteiger partial charge is 0.253 e. The van der Waals surface area contributed by atoms with Gasteiger partial charge in [-0.2, -0.15) is 0 Å². The van der Waals surface area contributed by atoms with Crippen LogP contribution in [0.5, 0.6) is 0 Å². The predicted octanol–water partition coefficient (Wildman–Crippen LogP) is 4.80. The van der Waals surface area contributed by atoms with E-state index in [9.17, 15) is 4.79 Å². The van der Waals surface area contributed by atoms with Crippen molar-refractivity contribution in [3.63, 3.8) is 0 Å². The minimum atomic E-state index is -0.377. The van der Waals surface area contributed by atoms with E-state index in [2.05, 4.69) is 88.3 Å². The van der Waals surface area contributed by atoms with Crippen molar-refractivity contribution in [2.75, 3.05) is 31.1 Å². The van der Waals surface area contributed by atoms with Gasteiger partial charge in [0.2, 0.25) is 0 Å². The molecule has 4 heterocycles. The number of fused-ring (bicyclic) bond motifs is 2. The molecule has 1 aliphatic heterocycles. The SMILES string of the molecule is CCC(C)(C)n1nnnc1C(c1cc2cc(C)cc(C)c2[nH]c1=O)N1CCN(c2nc3ccccc3s2)CC1. The second kappa shape index (κ2) is 9.84. The second-order valence-corrected chi connectivity index (χ2v) is 12.1. The Morgan fingerprint density at radius 3 is 2.59 bits per heavy atom. The largest absolute Gasteiger partial charge is 0.345 e. The summed E-state index contributed by atoms with van der Waals surface area (Å²) in [7, 11) is 0. The Morgan fingerprint density at radius 2 is 1.85 bits per heavy atom. The molecule has 0 spiro atoms. The lowest BCUT2D eigenvalue weighted by molar-refractivity contribution is 0.186. The lowest BCUT2D eigenvalue weighted by Crippen LogP contribution is -2.49. The molecule has 10 heteroatoms. The summed E-state index contributed by atoms with van der Waals surface area (Å²) in [6, 6.07) is 14.2. The van der Waals surface area contributed by atoms with Gasteiger partial charge in [0.15, 0.2) is 11.0 Å². The van der Waals surface area contributed by atoms with E-state index < -0.39 is 0 Å². The maximum atomic E-state index is 13.7. The molecule has 2 aromatic carbocycles. The second-order valence-electron chi connectivity index (χ2n) is 11.1. The van der Waals surface area contributed by atoms with Crippen LogP contribution in [0.3, 0.4) is 0 Å². The average Bonchev–Trinajstić information content (AvgIpc) is 3.58. The molecular weight excluding hydrogens is 508 g/mol. The summed E-state index contributed by atoms with van der Waals surface area (Å²) in [5.74, 6) is 0.699. The number of aryl methyl sites for hydroxylation is 2. The maximum absolute atomic E-state index is 13.7. The van der Waals surface area contributed by atoms with E-state index in [1.165, 1.54) is 4.70 Å². The molecule has 0 amide bonds. The molecule has 9 nitrogen and oxygen atoms in total. The van der Waals surface area contributed by atoms with E-state index in [4.69, 9.17) is 4.98 Å². The number of tetrazole rings is 1. The number of pyridine rings is 1. The number of aromatic nitrogens is 6. The van der Waals surface area contributed by atoms with Gasteiger partial charge in [0.05, 0.1) is 21.3 Å². The number of para-hydroxylation sites is 1. The Hall–Kier alpha value is -3.63. The van der Waals surface area contributed by atoms with Crippen LogP contribution in [0, 0.1) is 13.8 Å². The van der Waals surface area contributed by atoms with Gasteiger partial charge in [0.1, 0.15) is 6.04 Å². The van der Waals surface area contributed by atoms with Gasteiger partial charge in [-0.25, -0.2) is 9.67 Å². The van der Waals surface area contributed by atoms with Crippen molar-refractivity contribution < 1.29 is 0 Å². The van der Waals surface area contributed by atoms with Crippen LogP contribution in [0.2, 0.25) is 0 Å². The highest BCUT2D eigenvalue weighted by molar-refractivity contribution is 7.22. The number of piperazine rings is 1. The summed E-state index contributed by atoms with van der Waals surface area (Å²) in [5.41, 5.74) is 4.41. The molecule has 0 saturated carbocycles. The maximum Gasteiger partial charge on any atom is 0.253 e. The minimum Gasteiger partial charge on any atom is -0.345 e. The van der Waals surface area contributed by atoms with Gasteiger partial charge in [-0.1, -0.05) is 42.0 Å². The molecule has 1 unspecified atom stereocenters. The Balaban J connectivity index is 1.40. The van der Waals surface area contributed by atoms with Crippen molar-refractivity contribution in [1.82, 2.24) is 35.1 Å². The predicted molar refractivity (Wildman–Crippen MR) is 157 cm³/mol. The molecule has 39 heavy (non-hydrogen) atoms. The van der Waals surface area contributed by atoms with Gasteiger partial charge in [0.25, 0.3) is 5.56 Å². The molecule has 1 N–H and O–H groups in total. The summed E-state index contributed by atoms with van der Waals surface area (Å²) in [5, 5.41) is 15.1. The van der Waals surface area contributed by atoms with Gasteiger partial charge in [-0.05, 0) is 79.8 Å². The standard InChI is InChI=1S/C29H34N8OS/c1-6-29(4,5)37-26(32-33-34-37)25(21-17-20-16-18(2)15-19(3)24(20)31-27(21)38)35-11-13-36(14-12-35)28-30-22-9-7-8-10-23(22)39-28/h7-10,15-17,25H,6,11-14H2,1-5H3,(H,31,38). The number of nitrogens with zero attached hydrogens (tertiary/aromatic N) is 7. The molecule has 1 atom stereocenters. The van der Waals surface area contributed by atoms with E-state index >= 15 is 0 Å². The summed E-state index contributed by atoms with van der Waals surface area (Å²) in [6.07, 6.45) is 0.857.